The maximum atomic E-state index is 12.4. The molecule has 0 aromatic heterocycles. The van der Waals surface area contributed by atoms with E-state index >= 15 is 0 Å². The number of methoxy groups -OCH3 is 1. The molecule has 0 spiro atoms. The summed E-state index contributed by atoms with van der Waals surface area (Å²) >= 11 is 0. The number of nitrogens with one attached hydrogen (secondary N) is 1. The Labute approximate surface area is 65.9 Å². The first kappa shape index (κ1) is 10.8. The Hall–Kier alpha value is -0.220. The van der Waals surface area contributed by atoms with E-state index in [-0.39, 0.29) is 13.1 Å². The Morgan fingerprint density at radius 1 is 1.45 bits per heavy atom. The minimum atomic E-state index is -2.67. The summed E-state index contributed by atoms with van der Waals surface area (Å²) in [6.45, 7) is 4.00. The average Bonchev–Trinajstić information content (AvgIpc) is 2.33. The summed E-state index contributed by atoms with van der Waals surface area (Å²) in [6.07, 6.45) is -0.933. The maximum absolute atomic E-state index is 12.4. The van der Waals surface area contributed by atoms with E-state index in [1.165, 1.54) is 7.11 Å². The zero-order valence-electron chi connectivity index (χ0n) is 7.16. The van der Waals surface area contributed by atoms with Crippen LogP contribution in [0.4, 0.5) is 8.78 Å². The van der Waals surface area contributed by atoms with Crippen LogP contribution in [0.25, 0.3) is 0 Å². The van der Waals surface area contributed by atoms with Gasteiger partial charge in [-0.05, 0) is 0 Å². The SMILES string of the molecule is CC.COC1CNCC1(F)F. The second-order valence-electron chi connectivity index (χ2n) is 2.12. The van der Waals surface area contributed by atoms with E-state index in [0.717, 1.165) is 0 Å². The van der Waals surface area contributed by atoms with Crippen molar-refractivity contribution in [3.63, 3.8) is 0 Å². The summed E-state index contributed by atoms with van der Waals surface area (Å²) in [5.74, 6) is -2.67. The Kier molecular flexibility index (Phi) is 4.52. The molecule has 4 heteroatoms. The van der Waals surface area contributed by atoms with Crippen LogP contribution in [-0.4, -0.2) is 32.2 Å². The molecule has 0 saturated carbocycles. The van der Waals surface area contributed by atoms with Gasteiger partial charge >= 0.3 is 0 Å². The number of ether oxygens (including phenoxy) is 1. The van der Waals surface area contributed by atoms with Crippen molar-refractivity contribution in [2.45, 2.75) is 25.9 Å². The first-order valence-electron chi connectivity index (χ1n) is 3.78. The zero-order valence-corrected chi connectivity index (χ0v) is 7.16. The van der Waals surface area contributed by atoms with Crippen LogP contribution in [0.2, 0.25) is 0 Å². The Balaban J connectivity index is 0.000000461. The summed E-state index contributed by atoms with van der Waals surface area (Å²) in [6, 6.07) is 0. The Bertz CT molecular complexity index is 109. The molecule has 1 aliphatic rings. The van der Waals surface area contributed by atoms with Gasteiger partial charge in [-0.2, -0.15) is 0 Å². The summed E-state index contributed by atoms with van der Waals surface area (Å²) in [5, 5.41) is 2.54. The zero-order chi connectivity index (χ0) is 8.91. The molecule has 0 bridgehead atoms. The van der Waals surface area contributed by atoms with Gasteiger partial charge in [0.15, 0.2) is 0 Å². The topological polar surface area (TPSA) is 21.3 Å². The molecule has 1 N–H and O–H groups in total. The van der Waals surface area contributed by atoms with Gasteiger partial charge < -0.3 is 10.1 Å². The molecule has 0 aromatic carbocycles. The van der Waals surface area contributed by atoms with Gasteiger partial charge in [-0.1, -0.05) is 13.8 Å². The van der Waals surface area contributed by atoms with Gasteiger partial charge in [0, 0.05) is 13.7 Å². The fourth-order valence-electron chi connectivity index (χ4n) is 0.889. The van der Waals surface area contributed by atoms with Gasteiger partial charge in [-0.15, -0.1) is 0 Å². The third kappa shape index (κ3) is 2.71. The molecule has 0 aromatic rings. The standard InChI is InChI=1S/C5H9F2NO.C2H6/c1-9-4-2-8-3-5(4,6)7;1-2/h4,8H,2-3H2,1H3;1-2H3. The average molecular weight is 167 g/mol. The van der Waals surface area contributed by atoms with E-state index in [2.05, 4.69) is 10.1 Å². The van der Waals surface area contributed by atoms with Gasteiger partial charge in [0.25, 0.3) is 5.92 Å². The molecule has 0 amide bonds. The summed E-state index contributed by atoms with van der Waals surface area (Å²) in [5.41, 5.74) is 0. The predicted molar refractivity (Wildman–Crippen MR) is 40.0 cm³/mol. The van der Waals surface area contributed by atoms with E-state index in [9.17, 15) is 8.78 Å². The van der Waals surface area contributed by atoms with Crippen LogP contribution in [0.1, 0.15) is 13.8 Å². The molecule has 1 fully saturated rings. The minimum absolute atomic E-state index is 0.253. The number of hydrogen-bond donors (Lipinski definition) is 1. The molecule has 0 aliphatic carbocycles. The number of hydrogen-bond acceptors (Lipinski definition) is 2. The van der Waals surface area contributed by atoms with Crippen molar-refractivity contribution < 1.29 is 13.5 Å². The highest BCUT2D eigenvalue weighted by Crippen LogP contribution is 2.23. The van der Waals surface area contributed by atoms with Gasteiger partial charge in [0.05, 0.1) is 6.54 Å². The van der Waals surface area contributed by atoms with Crippen LogP contribution in [0, 0.1) is 0 Å². The number of alkyl halides is 2. The Morgan fingerprint density at radius 3 is 2.18 bits per heavy atom. The normalized spacial score (nSPS) is 27.5. The summed E-state index contributed by atoms with van der Waals surface area (Å²) < 4.78 is 29.4. The smallest absolute Gasteiger partial charge is 0.287 e. The third-order valence-electron chi connectivity index (χ3n) is 1.45. The lowest BCUT2D eigenvalue weighted by Crippen LogP contribution is -2.32. The molecule has 68 valence electrons. The highest BCUT2D eigenvalue weighted by Gasteiger charge is 2.44. The van der Waals surface area contributed by atoms with Crippen LogP contribution in [0.3, 0.4) is 0 Å². The second-order valence-corrected chi connectivity index (χ2v) is 2.12. The van der Waals surface area contributed by atoms with E-state index in [1.54, 1.807) is 0 Å². The van der Waals surface area contributed by atoms with E-state index < -0.39 is 12.0 Å². The molecule has 11 heavy (non-hydrogen) atoms. The van der Waals surface area contributed by atoms with Gasteiger partial charge in [-0.25, -0.2) is 8.78 Å². The predicted octanol–water partition coefficient (Wildman–Crippen LogP) is 1.27. The van der Waals surface area contributed by atoms with Crippen LogP contribution in [0.5, 0.6) is 0 Å². The second kappa shape index (κ2) is 4.62. The highest BCUT2D eigenvalue weighted by molar-refractivity contribution is 4.88. The van der Waals surface area contributed by atoms with Crippen LogP contribution >= 0.6 is 0 Å². The molecule has 0 radical (unpaired) electrons. The van der Waals surface area contributed by atoms with Crippen molar-refractivity contribution in [2.24, 2.45) is 0 Å². The molecule has 1 saturated heterocycles. The van der Waals surface area contributed by atoms with Crippen LogP contribution in [0.15, 0.2) is 0 Å². The molecular weight excluding hydrogens is 152 g/mol. The largest absolute Gasteiger partial charge is 0.374 e. The lowest BCUT2D eigenvalue weighted by atomic mass is 10.2. The van der Waals surface area contributed by atoms with Crippen molar-refractivity contribution in [3.05, 3.63) is 0 Å². The van der Waals surface area contributed by atoms with E-state index in [1.807, 2.05) is 13.8 Å². The lowest BCUT2D eigenvalue weighted by molar-refractivity contribution is -0.0891. The Morgan fingerprint density at radius 2 is 2.00 bits per heavy atom. The molecule has 1 aliphatic heterocycles. The van der Waals surface area contributed by atoms with E-state index in [0.29, 0.717) is 0 Å². The van der Waals surface area contributed by atoms with Crippen molar-refractivity contribution in [2.75, 3.05) is 20.2 Å². The summed E-state index contributed by atoms with van der Waals surface area (Å²) in [4.78, 5) is 0. The van der Waals surface area contributed by atoms with Gasteiger partial charge in [0.1, 0.15) is 6.10 Å². The van der Waals surface area contributed by atoms with Crippen LogP contribution < -0.4 is 5.32 Å². The molecule has 2 nitrogen and oxygen atoms in total. The van der Waals surface area contributed by atoms with Gasteiger partial charge in [0.2, 0.25) is 0 Å². The van der Waals surface area contributed by atoms with Crippen molar-refractivity contribution in [1.29, 1.82) is 0 Å². The lowest BCUT2D eigenvalue weighted by Gasteiger charge is -2.14. The molecule has 1 unspecified atom stereocenters. The molecular formula is C7H15F2NO. The number of rotatable bonds is 1. The van der Waals surface area contributed by atoms with Crippen molar-refractivity contribution in [1.82, 2.24) is 5.32 Å². The quantitative estimate of drug-likeness (QED) is 0.635. The third-order valence-corrected chi connectivity index (χ3v) is 1.45. The molecule has 1 heterocycles. The molecule has 1 atom stereocenters. The van der Waals surface area contributed by atoms with Crippen molar-refractivity contribution >= 4 is 0 Å². The fourth-order valence-corrected chi connectivity index (χ4v) is 0.889. The summed E-state index contributed by atoms with van der Waals surface area (Å²) in [7, 11) is 1.30. The number of halogens is 2. The van der Waals surface area contributed by atoms with E-state index in [4.69, 9.17) is 0 Å². The minimum Gasteiger partial charge on any atom is -0.374 e. The maximum Gasteiger partial charge on any atom is 0.287 e. The molecule has 1 rings (SSSR count). The van der Waals surface area contributed by atoms with Crippen molar-refractivity contribution in [3.8, 4) is 0 Å². The monoisotopic (exact) mass is 167 g/mol. The van der Waals surface area contributed by atoms with Crippen LogP contribution in [-0.2, 0) is 4.74 Å². The first-order valence-corrected chi connectivity index (χ1v) is 3.78. The first-order chi connectivity index (χ1) is 5.17. The highest BCUT2D eigenvalue weighted by atomic mass is 19.3. The fraction of sp³-hybridized carbons (Fsp3) is 1.00. The van der Waals surface area contributed by atoms with Gasteiger partial charge in [-0.3, -0.25) is 0 Å².